The molecule has 0 fully saturated rings. The molecule has 0 aromatic rings. The molecule has 0 saturated carbocycles. The Hall–Kier alpha value is -0.240. The number of hydrogen-bond donors (Lipinski definition) is 0. The van der Waals surface area contributed by atoms with Gasteiger partial charge in [-0.1, -0.05) is 0 Å². The summed E-state index contributed by atoms with van der Waals surface area (Å²) in [6.45, 7) is 22.4. The van der Waals surface area contributed by atoms with Crippen LogP contribution in [0.1, 0.15) is 62.3 Å². The fourth-order valence-corrected chi connectivity index (χ4v) is 1.95. The molecule has 0 aliphatic carbocycles. The monoisotopic (exact) mass is 392 g/mol. The highest BCUT2D eigenvalue weighted by Gasteiger charge is 2.15. The minimum Gasteiger partial charge on any atom is -0.376 e. The highest BCUT2D eigenvalue weighted by Crippen LogP contribution is 2.08. The molecular weight excluding hydrogens is 348 g/mol. The van der Waals surface area contributed by atoms with E-state index in [0.717, 1.165) is 0 Å². The lowest BCUT2D eigenvalue weighted by Gasteiger charge is -2.23. The summed E-state index contributed by atoms with van der Waals surface area (Å²) in [5, 5.41) is 0. The molecule has 0 aliphatic rings. The van der Waals surface area contributed by atoms with Gasteiger partial charge in [0.05, 0.1) is 69.7 Å². The second-order valence-corrected chi connectivity index (χ2v) is 9.53. The SMILES string of the molecule is CC(C)(C)OCCOCC(COCCOC(C)(C)C)OCCOC(C)(C)C. The average Bonchev–Trinajstić information content (AvgIpc) is 2.46. The summed E-state index contributed by atoms with van der Waals surface area (Å²) >= 11 is 0. The van der Waals surface area contributed by atoms with Crippen LogP contribution >= 0.6 is 0 Å². The average molecular weight is 393 g/mol. The highest BCUT2D eigenvalue weighted by molar-refractivity contribution is 4.61. The summed E-state index contributed by atoms with van der Waals surface area (Å²) in [6.07, 6.45) is -0.141. The van der Waals surface area contributed by atoms with Crippen molar-refractivity contribution in [2.75, 3.05) is 52.9 Å². The fraction of sp³-hybridized carbons (Fsp3) is 1.00. The number of rotatable bonds is 14. The molecule has 0 heterocycles. The van der Waals surface area contributed by atoms with Gasteiger partial charge in [0, 0.05) is 0 Å². The van der Waals surface area contributed by atoms with Crippen molar-refractivity contribution in [3.8, 4) is 0 Å². The molecule has 164 valence electrons. The van der Waals surface area contributed by atoms with Crippen LogP contribution in [-0.4, -0.2) is 75.8 Å². The molecule has 27 heavy (non-hydrogen) atoms. The van der Waals surface area contributed by atoms with Crippen molar-refractivity contribution in [2.45, 2.75) is 85.2 Å². The summed E-state index contributed by atoms with van der Waals surface area (Å²) in [5.74, 6) is 0. The fourth-order valence-electron chi connectivity index (χ4n) is 1.95. The van der Waals surface area contributed by atoms with Crippen LogP contribution in [0, 0.1) is 0 Å². The van der Waals surface area contributed by atoms with E-state index in [1.54, 1.807) is 0 Å². The third-order valence-electron chi connectivity index (χ3n) is 3.10. The minimum absolute atomic E-state index is 0.141. The molecule has 0 radical (unpaired) electrons. The molecule has 0 amide bonds. The molecule has 6 nitrogen and oxygen atoms in total. The van der Waals surface area contributed by atoms with E-state index in [2.05, 4.69) is 0 Å². The van der Waals surface area contributed by atoms with Crippen molar-refractivity contribution in [2.24, 2.45) is 0 Å². The third-order valence-corrected chi connectivity index (χ3v) is 3.10. The van der Waals surface area contributed by atoms with Gasteiger partial charge in [0.25, 0.3) is 0 Å². The molecule has 6 heteroatoms. The smallest absolute Gasteiger partial charge is 0.104 e. The van der Waals surface area contributed by atoms with Crippen LogP contribution in [0.5, 0.6) is 0 Å². The first-order valence-electron chi connectivity index (χ1n) is 9.97. The first kappa shape index (κ1) is 26.8. The van der Waals surface area contributed by atoms with Gasteiger partial charge in [-0.2, -0.15) is 0 Å². The van der Waals surface area contributed by atoms with Crippen LogP contribution in [0.4, 0.5) is 0 Å². The minimum atomic E-state index is -0.166. The van der Waals surface area contributed by atoms with Gasteiger partial charge in [-0.05, 0) is 62.3 Å². The van der Waals surface area contributed by atoms with Crippen molar-refractivity contribution < 1.29 is 28.4 Å². The summed E-state index contributed by atoms with van der Waals surface area (Å²) in [5.41, 5.74) is -0.472. The van der Waals surface area contributed by atoms with Crippen LogP contribution in [0.25, 0.3) is 0 Å². The Balaban J connectivity index is 4.09. The second-order valence-electron chi connectivity index (χ2n) is 9.53. The maximum atomic E-state index is 5.88. The Bertz CT molecular complexity index is 327. The van der Waals surface area contributed by atoms with Crippen LogP contribution in [-0.2, 0) is 28.4 Å². The number of ether oxygens (including phenoxy) is 6. The maximum Gasteiger partial charge on any atom is 0.104 e. The quantitative estimate of drug-likeness (QED) is 0.419. The van der Waals surface area contributed by atoms with Gasteiger partial charge in [-0.15, -0.1) is 0 Å². The first-order valence-corrected chi connectivity index (χ1v) is 9.97. The Kier molecular flexibility index (Phi) is 13.0. The van der Waals surface area contributed by atoms with Gasteiger partial charge >= 0.3 is 0 Å². The van der Waals surface area contributed by atoms with Crippen LogP contribution in [0.2, 0.25) is 0 Å². The predicted molar refractivity (Wildman–Crippen MR) is 108 cm³/mol. The largest absolute Gasteiger partial charge is 0.376 e. The lowest BCUT2D eigenvalue weighted by Crippen LogP contribution is -2.31. The van der Waals surface area contributed by atoms with Crippen molar-refractivity contribution in [1.82, 2.24) is 0 Å². The van der Waals surface area contributed by atoms with E-state index in [4.69, 9.17) is 28.4 Å². The molecule has 0 rings (SSSR count). The van der Waals surface area contributed by atoms with E-state index >= 15 is 0 Å². The van der Waals surface area contributed by atoms with Crippen LogP contribution < -0.4 is 0 Å². The molecule has 0 aromatic heterocycles. The lowest BCUT2D eigenvalue weighted by molar-refractivity contribution is -0.106. The third kappa shape index (κ3) is 21.9. The van der Waals surface area contributed by atoms with Gasteiger partial charge in [0.2, 0.25) is 0 Å². The zero-order valence-electron chi connectivity index (χ0n) is 19.2. The summed E-state index contributed by atoms with van der Waals surface area (Å²) in [6, 6.07) is 0. The molecule has 0 N–H and O–H groups in total. The first-order chi connectivity index (χ1) is 12.3. The maximum absolute atomic E-state index is 5.88. The Labute approximate surface area is 167 Å². The molecule has 0 saturated heterocycles. The Morgan fingerprint density at radius 3 is 1.15 bits per heavy atom. The molecule has 0 atom stereocenters. The lowest BCUT2D eigenvalue weighted by atomic mass is 10.2. The second kappa shape index (κ2) is 13.1. The molecular formula is C21H44O6. The van der Waals surface area contributed by atoms with E-state index in [1.807, 2.05) is 62.3 Å². The van der Waals surface area contributed by atoms with Crippen molar-refractivity contribution in [1.29, 1.82) is 0 Å². The standard InChI is InChI=1S/C21H44O6/c1-19(2,3)25-13-10-22-16-18(24-12-15-27-21(7,8)9)17-23-11-14-26-20(4,5)6/h18H,10-17H2,1-9H3. The zero-order chi connectivity index (χ0) is 21.0. The van der Waals surface area contributed by atoms with Crippen molar-refractivity contribution in [3.63, 3.8) is 0 Å². The summed E-state index contributed by atoms with van der Waals surface area (Å²) in [7, 11) is 0. The molecule has 0 bridgehead atoms. The van der Waals surface area contributed by atoms with Crippen molar-refractivity contribution in [3.05, 3.63) is 0 Å². The molecule has 0 aliphatic heterocycles. The van der Waals surface area contributed by atoms with Gasteiger partial charge in [0.15, 0.2) is 0 Å². The normalized spacial score (nSPS) is 13.6. The van der Waals surface area contributed by atoms with Crippen LogP contribution in [0.15, 0.2) is 0 Å². The predicted octanol–water partition coefficient (Wildman–Crippen LogP) is 3.85. The molecule has 0 spiro atoms. The molecule has 0 aromatic carbocycles. The van der Waals surface area contributed by atoms with Gasteiger partial charge in [-0.3, -0.25) is 0 Å². The van der Waals surface area contributed by atoms with Crippen LogP contribution in [0.3, 0.4) is 0 Å². The van der Waals surface area contributed by atoms with E-state index in [-0.39, 0.29) is 22.9 Å². The summed E-state index contributed by atoms with van der Waals surface area (Å²) < 4.78 is 34.3. The van der Waals surface area contributed by atoms with Gasteiger partial charge in [-0.25, -0.2) is 0 Å². The molecule has 0 unspecified atom stereocenters. The Morgan fingerprint density at radius 1 is 0.481 bits per heavy atom. The van der Waals surface area contributed by atoms with Gasteiger partial charge in [0.1, 0.15) is 6.10 Å². The number of hydrogen-bond acceptors (Lipinski definition) is 6. The van der Waals surface area contributed by atoms with E-state index in [0.29, 0.717) is 52.9 Å². The topological polar surface area (TPSA) is 55.4 Å². The van der Waals surface area contributed by atoms with E-state index < -0.39 is 0 Å². The van der Waals surface area contributed by atoms with E-state index in [1.165, 1.54) is 0 Å². The highest BCUT2D eigenvalue weighted by atomic mass is 16.6. The Morgan fingerprint density at radius 2 is 0.815 bits per heavy atom. The summed E-state index contributed by atoms with van der Waals surface area (Å²) in [4.78, 5) is 0. The van der Waals surface area contributed by atoms with Crippen molar-refractivity contribution >= 4 is 0 Å². The van der Waals surface area contributed by atoms with Gasteiger partial charge < -0.3 is 28.4 Å². The van der Waals surface area contributed by atoms with E-state index in [9.17, 15) is 0 Å². The zero-order valence-corrected chi connectivity index (χ0v) is 19.2.